The third kappa shape index (κ3) is 4.09. The second-order valence-electron chi connectivity index (χ2n) is 7.55. The molecular weight excluding hydrogens is 457 g/mol. The van der Waals surface area contributed by atoms with Gasteiger partial charge in [0.05, 0.1) is 5.56 Å². The molecule has 3 heterocycles. The van der Waals surface area contributed by atoms with E-state index in [-0.39, 0.29) is 43.7 Å². The highest BCUT2D eigenvalue weighted by atomic mass is 19.4. The fourth-order valence-electron chi connectivity index (χ4n) is 3.74. The number of nitrogens with zero attached hydrogens (tertiary/aromatic N) is 3. The molecule has 0 radical (unpaired) electrons. The van der Waals surface area contributed by atoms with Crippen LogP contribution in [0, 0.1) is 0 Å². The van der Waals surface area contributed by atoms with E-state index in [2.05, 4.69) is 10.3 Å². The van der Waals surface area contributed by atoms with E-state index in [9.17, 15) is 22.8 Å². The number of fused-ring (bicyclic) bond motifs is 2. The zero-order valence-corrected chi connectivity index (χ0v) is 17.5. The molecule has 0 atom stereocenters. The molecule has 34 heavy (non-hydrogen) atoms. The third-order valence-electron chi connectivity index (χ3n) is 5.40. The van der Waals surface area contributed by atoms with Crippen molar-refractivity contribution in [2.75, 3.05) is 25.2 Å². The summed E-state index contributed by atoms with van der Waals surface area (Å²) >= 11 is 0. The van der Waals surface area contributed by atoms with Gasteiger partial charge in [-0.05, 0) is 23.8 Å². The number of anilines is 1. The number of aliphatic imine (C=N–C) groups is 1. The summed E-state index contributed by atoms with van der Waals surface area (Å²) in [4.78, 5) is 31.9. The zero-order chi connectivity index (χ0) is 23.9. The van der Waals surface area contributed by atoms with E-state index < -0.39 is 23.7 Å². The molecule has 0 saturated heterocycles. The number of ether oxygens (including phenoxy) is 3. The van der Waals surface area contributed by atoms with Crippen molar-refractivity contribution < 1.29 is 37.0 Å². The number of rotatable bonds is 4. The van der Waals surface area contributed by atoms with E-state index in [0.717, 1.165) is 6.07 Å². The number of halogens is 3. The van der Waals surface area contributed by atoms with Gasteiger partial charge in [-0.25, -0.2) is 4.79 Å². The van der Waals surface area contributed by atoms with Gasteiger partial charge in [0.1, 0.15) is 12.0 Å². The van der Waals surface area contributed by atoms with Gasteiger partial charge in [0.25, 0.3) is 5.91 Å². The summed E-state index contributed by atoms with van der Waals surface area (Å²) in [6.07, 6.45) is -3.38. The van der Waals surface area contributed by atoms with Crippen LogP contribution in [0.5, 0.6) is 11.5 Å². The quantitative estimate of drug-likeness (QED) is 0.729. The van der Waals surface area contributed by atoms with Crippen molar-refractivity contribution in [3.63, 3.8) is 0 Å². The highest BCUT2D eigenvalue weighted by Gasteiger charge is 2.36. The molecule has 9 nitrogen and oxygen atoms in total. The van der Waals surface area contributed by atoms with Crippen LogP contribution in [0.1, 0.15) is 11.1 Å². The molecule has 0 spiro atoms. The topological polar surface area (TPSA) is 92.7 Å². The number of carbonyl (C=O) groups is 2. The average molecular weight is 474 g/mol. The first-order valence-electron chi connectivity index (χ1n) is 10.2. The summed E-state index contributed by atoms with van der Waals surface area (Å²) in [5.74, 6) is 0.535. The molecule has 3 aliphatic heterocycles. The van der Waals surface area contributed by atoms with Crippen LogP contribution >= 0.6 is 0 Å². The smallest absolute Gasteiger partial charge is 0.416 e. The number of alkyl halides is 3. The molecule has 0 unspecified atom stereocenters. The van der Waals surface area contributed by atoms with Gasteiger partial charge in [0.15, 0.2) is 11.5 Å². The van der Waals surface area contributed by atoms with Gasteiger partial charge in [0, 0.05) is 31.4 Å². The van der Waals surface area contributed by atoms with Crippen LogP contribution in [0.25, 0.3) is 0 Å². The molecule has 0 fully saturated rings. The van der Waals surface area contributed by atoms with Crippen molar-refractivity contribution in [2.45, 2.75) is 12.7 Å². The Morgan fingerprint density at radius 3 is 2.71 bits per heavy atom. The van der Waals surface area contributed by atoms with Gasteiger partial charge in [-0.15, -0.1) is 4.99 Å². The maximum absolute atomic E-state index is 13.3. The molecule has 5 rings (SSSR count). The molecule has 12 heteroatoms. The van der Waals surface area contributed by atoms with Gasteiger partial charge in [-0.1, -0.05) is 18.2 Å². The number of amides is 3. The van der Waals surface area contributed by atoms with Gasteiger partial charge >= 0.3 is 18.2 Å². The lowest BCUT2D eigenvalue weighted by Crippen LogP contribution is -2.36. The molecule has 3 aliphatic rings. The van der Waals surface area contributed by atoms with Crippen LogP contribution in [-0.4, -0.2) is 47.6 Å². The van der Waals surface area contributed by atoms with Crippen molar-refractivity contribution in [1.29, 1.82) is 0 Å². The van der Waals surface area contributed by atoms with E-state index in [4.69, 9.17) is 14.2 Å². The highest BCUT2D eigenvalue weighted by Crippen LogP contribution is 2.35. The summed E-state index contributed by atoms with van der Waals surface area (Å²) in [5, 5.41) is 2.71. The Balaban J connectivity index is 1.29. The lowest BCUT2D eigenvalue weighted by Gasteiger charge is -2.22. The predicted octanol–water partition coefficient (Wildman–Crippen LogP) is 3.54. The number of nitrogens with one attached hydrogen (secondary N) is 1. The van der Waals surface area contributed by atoms with E-state index in [1.165, 1.54) is 34.3 Å². The van der Waals surface area contributed by atoms with Crippen LogP contribution in [0.15, 0.2) is 59.4 Å². The summed E-state index contributed by atoms with van der Waals surface area (Å²) in [6.45, 7) is -0.0753. The second-order valence-corrected chi connectivity index (χ2v) is 7.55. The third-order valence-corrected chi connectivity index (χ3v) is 5.40. The Morgan fingerprint density at radius 1 is 1.09 bits per heavy atom. The van der Waals surface area contributed by atoms with Crippen LogP contribution < -0.4 is 14.8 Å². The van der Waals surface area contributed by atoms with E-state index in [1.54, 1.807) is 18.2 Å². The number of hydrogen-bond acceptors (Lipinski definition) is 6. The van der Waals surface area contributed by atoms with Crippen molar-refractivity contribution in [3.8, 4) is 11.5 Å². The minimum absolute atomic E-state index is 0.0238. The van der Waals surface area contributed by atoms with Gasteiger partial charge in [-0.3, -0.25) is 9.69 Å². The number of benzene rings is 2. The SMILES string of the molecule is O=C(Nc1ccc2c(c1)OCO2)C1=COC2=NC(=O)N(Cc3ccccc3C(F)(F)F)CCN12. The Bertz CT molecular complexity index is 1230. The number of amidine groups is 1. The molecular formula is C22H17F3N4O5. The summed E-state index contributed by atoms with van der Waals surface area (Å²) in [5.41, 5.74) is -0.318. The van der Waals surface area contributed by atoms with Gasteiger partial charge in [-0.2, -0.15) is 13.2 Å². The summed E-state index contributed by atoms with van der Waals surface area (Å²) < 4.78 is 55.8. The number of carbonyl (C=O) groups excluding carboxylic acids is 2. The van der Waals surface area contributed by atoms with Crippen LogP contribution in [-0.2, 0) is 22.3 Å². The van der Waals surface area contributed by atoms with Gasteiger partial charge < -0.3 is 24.4 Å². The van der Waals surface area contributed by atoms with Crippen molar-refractivity contribution in [1.82, 2.24) is 9.80 Å². The maximum atomic E-state index is 13.3. The van der Waals surface area contributed by atoms with Gasteiger partial charge in [0.2, 0.25) is 6.79 Å². The fourth-order valence-corrected chi connectivity index (χ4v) is 3.74. The summed E-state index contributed by atoms with van der Waals surface area (Å²) in [6, 6.07) is 9.07. The van der Waals surface area contributed by atoms with Crippen molar-refractivity contribution in [2.24, 2.45) is 4.99 Å². The first-order chi connectivity index (χ1) is 16.3. The predicted molar refractivity (Wildman–Crippen MR) is 112 cm³/mol. The zero-order valence-electron chi connectivity index (χ0n) is 17.5. The standard InChI is InChI=1S/C22H17F3N4O5/c23-22(24,25)15-4-2-1-3-13(15)10-28-7-8-29-16(11-32-21(29)27-20(28)31)19(30)26-14-5-6-17-18(9-14)34-12-33-17/h1-6,9,11H,7-8,10,12H2,(H,26,30). The molecule has 2 aromatic carbocycles. The van der Waals surface area contributed by atoms with E-state index in [1.807, 2.05) is 0 Å². The minimum atomic E-state index is -4.55. The monoisotopic (exact) mass is 474 g/mol. The number of urea groups is 1. The molecule has 0 bridgehead atoms. The second kappa shape index (κ2) is 8.28. The Morgan fingerprint density at radius 2 is 1.88 bits per heavy atom. The van der Waals surface area contributed by atoms with Crippen molar-refractivity contribution in [3.05, 3.63) is 65.6 Å². The van der Waals surface area contributed by atoms with E-state index >= 15 is 0 Å². The highest BCUT2D eigenvalue weighted by molar-refractivity contribution is 6.08. The van der Waals surface area contributed by atoms with Crippen LogP contribution in [0.4, 0.5) is 23.7 Å². The maximum Gasteiger partial charge on any atom is 0.416 e. The molecule has 176 valence electrons. The molecule has 0 aromatic heterocycles. The largest absolute Gasteiger partial charge is 0.454 e. The minimum Gasteiger partial charge on any atom is -0.454 e. The first kappa shape index (κ1) is 21.6. The number of hydrogen-bond donors (Lipinski definition) is 1. The van der Waals surface area contributed by atoms with Crippen molar-refractivity contribution >= 4 is 23.6 Å². The normalized spacial score (nSPS) is 17.0. The molecule has 0 saturated carbocycles. The Kier molecular flexibility index (Phi) is 5.27. The van der Waals surface area contributed by atoms with E-state index in [0.29, 0.717) is 17.2 Å². The first-order valence-corrected chi connectivity index (χ1v) is 10.2. The molecule has 0 aliphatic carbocycles. The molecule has 2 aromatic rings. The van der Waals surface area contributed by atoms with Crippen LogP contribution in [0.3, 0.4) is 0 Å². The molecule has 1 N–H and O–H groups in total. The lowest BCUT2D eigenvalue weighted by atomic mass is 10.1. The fraction of sp³-hybridized carbons (Fsp3) is 0.227. The van der Waals surface area contributed by atoms with Crippen LogP contribution in [0.2, 0.25) is 0 Å². The Labute approximate surface area is 191 Å². The lowest BCUT2D eigenvalue weighted by molar-refractivity contribution is -0.138. The average Bonchev–Trinajstić information content (AvgIpc) is 3.39. The summed E-state index contributed by atoms with van der Waals surface area (Å²) in [7, 11) is 0. The Hall–Kier alpha value is -4.22. The molecule has 3 amide bonds.